The Kier molecular flexibility index (Phi) is 5.31. The first-order chi connectivity index (χ1) is 13.0. The number of thioether (sulfide) groups is 1. The summed E-state index contributed by atoms with van der Waals surface area (Å²) in [5.41, 5.74) is 0.941. The lowest BCUT2D eigenvalue weighted by molar-refractivity contribution is -0.384. The minimum Gasteiger partial charge on any atom is -0.335 e. The molecule has 0 fully saturated rings. The second-order valence-electron chi connectivity index (χ2n) is 5.47. The summed E-state index contributed by atoms with van der Waals surface area (Å²) in [6.45, 7) is 1.68. The molecule has 2 heterocycles. The van der Waals surface area contributed by atoms with Crippen LogP contribution < -0.4 is 11.2 Å². The monoisotopic (exact) mass is 385 g/mol. The summed E-state index contributed by atoms with van der Waals surface area (Å²) < 4.78 is 1.29. The highest BCUT2D eigenvalue weighted by Crippen LogP contribution is 2.25. The number of anilines is 1. The zero-order valence-electron chi connectivity index (χ0n) is 14.1. The van der Waals surface area contributed by atoms with Crippen LogP contribution in [0.2, 0.25) is 0 Å². The van der Waals surface area contributed by atoms with Crippen molar-refractivity contribution >= 4 is 29.0 Å². The van der Waals surface area contributed by atoms with Crippen molar-refractivity contribution in [3.8, 4) is 11.4 Å². The number of nitro benzene ring substituents is 1. The molecule has 1 atom stereocenters. The lowest BCUT2D eigenvalue weighted by Crippen LogP contribution is -2.23. The molecule has 3 N–H and O–H groups in total. The molecule has 1 unspecified atom stereocenters. The van der Waals surface area contributed by atoms with E-state index in [4.69, 9.17) is 5.84 Å². The first kappa shape index (κ1) is 18.3. The summed E-state index contributed by atoms with van der Waals surface area (Å²) in [5.74, 6) is 6.11. The average molecular weight is 385 g/mol. The summed E-state index contributed by atoms with van der Waals surface area (Å²) in [6, 6.07) is 9.28. The van der Waals surface area contributed by atoms with E-state index in [0.717, 1.165) is 11.8 Å². The van der Waals surface area contributed by atoms with Crippen LogP contribution in [0.4, 0.5) is 11.4 Å². The third-order valence-corrected chi connectivity index (χ3v) is 4.62. The number of amides is 1. The number of pyridine rings is 1. The van der Waals surface area contributed by atoms with E-state index in [0.29, 0.717) is 22.2 Å². The lowest BCUT2D eigenvalue weighted by atomic mass is 10.2. The highest BCUT2D eigenvalue weighted by atomic mass is 32.2. The fraction of sp³-hybridized carbons (Fsp3) is 0.125. The first-order valence-electron chi connectivity index (χ1n) is 7.78. The van der Waals surface area contributed by atoms with E-state index in [2.05, 4.69) is 20.5 Å². The molecule has 10 nitrogen and oxygen atoms in total. The smallest absolute Gasteiger partial charge is 0.271 e. The number of nitrogen functional groups attached to an aromatic ring is 1. The topological polar surface area (TPSA) is 142 Å². The molecule has 1 amide bonds. The molecule has 0 radical (unpaired) electrons. The zero-order valence-corrected chi connectivity index (χ0v) is 15.0. The molecule has 3 rings (SSSR count). The maximum absolute atomic E-state index is 12.4. The molecule has 0 aliphatic carbocycles. The molecule has 2 aromatic heterocycles. The van der Waals surface area contributed by atoms with Crippen molar-refractivity contribution in [2.24, 2.45) is 0 Å². The molecule has 138 valence electrons. The van der Waals surface area contributed by atoms with Crippen LogP contribution in [0.25, 0.3) is 11.4 Å². The molecule has 11 heteroatoms. The van der Waals surface area contributed by atoms with Crippen molar-refractivity contribution in [1.82, 2.24) is 19.9 Å². The molecule has 0 spiro atoms. The van der Waals surface area contributed by atoms with Crippen molar-refractivity contribution in [2.45, 2.75) is 17.3 Å². The lowest BCUT2D eigenvalue weighted by Gasteiger charge is -2.11. The van der Waals surface area contributed by atoms with Crippen molar-refractivity contribution < 1.29 is 9.72 Å². The van der Waals surface area contributed by atoms with Crippen LogP contribution in [0.3, 0.4) is 0 Å². The van der Waals surface area contributed by atoms with E-state index >= 15 is 0 Å². The van der Waals surface area contributed by atoms with Crippen LogP contribution in [-0.2, 0) is 4.79 Å². The van der Waals surface area contributed by atoms with Gasteiger partial charge in [0.15, 0.2) is 5.82 Å². The predicted molar refractivity (Wildman–Crippen MR) is 100 cm³/mol. The Morgan fingerprint density at radius 2 is 2.15 bits per heavy atom. The Labute approximate surface area is 157 Å². The number of nitro groups is 1. The molecule has 0 bridgehead atoms. The number of carbonyl (C=O) groups excluding carboxylic acids is 1. The minimum atomic E-state index is -0.558. The predicted octanol–water partition coefficient (Wildman–Crippen LogP) is 2.08. The Morgan fingerprint density at radius 3 is 2.85 bits per heavy atom. The van der Waals surface area contributed by atoms with Crippen molar-refractivity contribution in [3.05, 3.63) is 58.9 Å². The van der Waals surface area contributed by atoms with Crippen molar-refractivity contribution in [2.75, 3.05) is 11.2 Å². The van der Waals surface area contributed by atoms with Gasteiger partial charge in [0.2, 0.25) is 11.1 Å². The Balaban J connectivity index is 1.69. The van der Waals surface area contributed by atoms with Gasteiger partial charge in [-0.2, -0.15) is 0 Å². The van der Waals surface area contributed by atoms with Crippen LogP contribution in [0.15, 0.2) is 53.9 Å². The normalized spacial score (nSPS) is 11.7. The maximum Gasteiger partial charge on any atom is 0.271 e. The van der Waals surface area contributed by atoms with Crippen LogP contribution in [0.5, 0.6) is 0 Å². The average Bonchev–Trinajstić information content (AvgIpc) is 3.03. The number of hydrogen-bond acceptors (Lipinski definition) is 8. The van der Waals surface area contributed by atoms with E-state index < -0.39 is 10.2 Å². The molecule has 3 aromatic rings. The van der Waals surface area contributed by atoms with Gasteiger partial charge < -0.3 is 11.2 Å². The van der Waals surface area contributed by atoms with Crippen LogP contribution in [0, 0.1) is 10.1 Å². The van der Waals surface area contributed by atoms with Crippen LogP contribution in [0.1, 0.15) is 6.92 Å². The molecular weight excluding hydrogens is 370 g/mol. The molecular formula is C16H15N7O3S. The third-order valence-electron chi connectivity index (χ3n) is 3.56. The summed E-state index contributed by atoms with van der Waals surface area (Å²) >= 11 is 1.12. The van der Waals surface area contributed by atoms with Crippen LogP contribution in [-0.4, -0.2) is 35.9 Å². The molecule has 0 aliphatic rings. The largest absolute Gasteiger partial charge is 0.335 e. The number of carbonyl (C=O) groups is 1. The van der Waals surface area contributed by atoms with Crippen LogP contribution >= 0.6 is 11.8 Å². The molecule has 0 aliphatic heterocycles. The van der Waals surface area contributed by atoms with E-state index in [9.17, 15) is 14.9 Å². The van der Waals surface area contributed by atoms with Gasteiger partial charge in [-0.05, 0) is 25.1 Å². The maximum atomic E-state index is 12.4. The van der Waals surface area contributed by atoms with Gasteiger partial charge in [0.05, 0.1) is 10.2 Å². The fourth-order valence-electron chi connectivity index (χ4n) is 2.20. The van der Waals surface area contributed by atoms with E-state index in [1.165, 1.54) is 22.9 Å². The summed E-state index contributed by atoms with van der Waals surface area (Å²) in [5, 5.41) is 21.3. The summed E-state index contributed by atoms with van der Waals surface area (Å²) in [6.07, 6.45) is 3.25. The Morgan fingerprint density at radius 1 is 1.33 bits per heavy atom. The number of nitrogens with zero attached hydrogens (tertiary/aromatic N) is 5. The number of aromatic nitrogens is 4. The summed E-state index contributed by atoms with van der Waals surface area (Å²) in [7, 11) is 0. The van der Waals surface area contributed by atoms with Gasteiger partial charge in [0.1, 0.15) is 0 Å². The molecule has 0 saturated carbocycles. The molecule has 1 aromatic carbocycles. The number of benzene rings is 1. The summed E-state index contributed by atoms with van der Waals surface area (Å²) in [4.78, 5) is 26.7. The quantitative estimate of drug-likeness (QED) is 0.284. The van der Waals surface area contributed by atoms with E-state index in [1.807, 2.05) is 0 Å². The van der Waals surface area contributed by atoms with Gasteiger partial charge in [-0.15, -0.1) is 10.2 Å². The second-order valence-corrected chi connectivity index (χ2v) is 6.78. The fourth-order valence-corrected chi connectivity index (χ4v) is 2.97. The molecule has 27 heavy (non-hydrogen) atoms. The molecule has 0 saturated heterocycles. The van der Waals surface area contributed by atoms with Gasteiger partial charge in [0, 0.05) is 35.8 Å². The Bertz CT molecular complexity index is 977. The number of nitrogens with one attached hydrogen (secondary N) is 1. The SMILES string of the molecule is CC(Sc1nnc(-c2cccnc2)n1N)C(=O)Nc1cccc([N+](=O)[O-])c1. The number of nitrogens with two attached hydrogens (primary N) is 1. The van der Waals surface area contributed by atoms with Crippen molar-refractivity contribution in [1.29, 1.82) is 0 Å². The van der Waals surface area contributed by atoms with E-state index in [-0.39, 0.29) is 11.6 Å². The van der Waals surface area contributed by atoms with Gasteiger partial charge in [-0.25, -0.2) is 4.68 Å². The van der Waals surface area contributed by atoms with E-state index in [1.54, 1.807) is 37.5 Å². The standard InChI is InChI=1S/C16H15N7O3S/c1-10(15(24)19-12-5-2-6-13(8-12)23(25)26)27-16-21-20-14(22(16)17)11-4-3-7-18-9-11/h2-10H,17H2,1H3,(H,19,24). The number of non-ortho nitro benzene ring substituents is 1. The minimum absolute atomic E-state index is 0.101. The zero-order chi connectivity index (χ0) is 19.4. The number of hydrogen-bond donors (Lipinski definition) is 2. The Hall–Kier alpha value is -3.47. The second kappa shape index (κ2) is 7.83. The van der Waals surface area contributed by atoms with Gasteiger partial charge >= 0.3 is 0 Å². The highest BCUT2D eigenvalue weighted by molar-refractivity contribution is 8.00. The first-order valence-corrected chi connectivity index (χ1v) is 8.66. The highest BCUT2D eigenvalue weighted by Gasteiger charge is 2.20. The van der Waals surface area contributed by atoms with Gasteiger partial charge in [-0.3, -0.25) is 19.9 Å². The number of rotatable bonds is 6. The van der Waals surface area contributed by atoms with Gasteiger partial charge in [0.25, 0.3) is 5.69 Å². The van der Waals surface area contributed by atoms with Gasteiger partial charge in [-0.1, -0.05) is 17.8 Å². The van der Waals surface area contributed by atoms with Crippen molar-refractivity contribution in [3.63, 3.8) is 0 Å². The third kappa shape index (κ3) is 4.20.